The summed E-state index contributed by atoms with van der Waals surface area (Å²) in [5, 5.41) is 10.8. The molecule has 1 atom stereocenters. The van der Waals surface area contributed by atoms with Crippen molar-refractivity contribution < 1.29 is 19.0 Å². The number of benzene rings is 2. The monoisotopic (exact) mass is 440 g/mol. The molecule has 2 aliphatic rings. The molecule has 2 heterocycles. The van der Waals surface area contributed by atoms with Crippen molar-refractivity contribution in [3.63, 3.8) is 0 Å². The van der Waals surface area contributed by atoms with Gasteiger partial charge in [0.15, 0.2) is 0 Å². The Bertz CT molecular complexity index is 845. The topological polar surface area (TPSA) is 53.0 Å². The molecule has 4 rings (SSSR count). The fourth-order valence-electron chi connectivity index (χ4n) is 4.87. The Morgan fingerprint density at radius 2 is 1.62 bits per heavy atom. The SMILES string of the molecule is O=C(OCc1ccccc1)N1CCC(C(O)CN2CCC(c3ccc(F)cc3)CC2)CC1. The van der Waals surface area contributed by atoms with Gasteiger partial charge in [0.1, 0.15) is 12.4 Å². The van der Waals surface area contributed by atoms with Crippen LogP contribution in [0.4, 0.5) is 9.18 Å². The molecule has 0 radical (unpaired) electrons. The van der Waals surface area contributed by atoms with Crippen molar-refractivity contribution in [3.05, 3.63) is 71.5 Å². The van der Waals surface area contributed by atoms with E-state index in [9.17, 15) is 14.3 Å². The number of likely N-dealkylation sites (tertiary alicyclic amines) is 2. The zero-order valence-corrected chi connectivity index (χ0v) is 18.5. The Balaban J connectivity index is 1.16. The van der Waals surface area contributed by atoms with Crippen LogP contribution in [-0.4, -0.2) is 59.8 Å². The molecule has 0 aromatic heterocycles. The number of ether oxygens (including phenoxy) is 1. The Morgan fingerprint density at radius 3 is 2.28 bits per heavy atom. The molecule has 5 nitrogen and oxygen atoms in total. The quantitative estimate of drug-likeness (QED) is 0.723. The number of amides is 1. The molecule has 2 fully saturated rings. The summed E-state index contributed by atoms with van der Waals surface area (Å²) in [6, 6.07) is 16.5. The van der Waals surface area contributed by atoms with E-state index in [1.54, 1.807) is 4.90 Å². The molecule has 1 N–H and O–H groups in total. The molecule has 0 aliphatic carbocycles. The van der Waals surface area contributed by atoms with Gasteiger partial charge in [0.05, 0.1) is 6.10 Å². The van der Waals surface area contributed by atoms with Crippen molar-refractivity contribution in [2.45, 2.75) is 44.3 Å². The maximum atomic E-state index is 13.1. The summed E-state index contributed by atoms with van der Waals surface area (Å²) >= 11 is 0. The smallest absolute Gasteiger partial charge is 0.410 e. The van der Waals surface area contributed by atoms with E-state index in [1.807, 2.05) is 42.5 Å². The van der Waals surface area contributed by atoms with Crippen molar-refractivity contribution in [1.29, 1.82) is 0 Å². The number of β-amino-alcohol motifs (C(OH)–C–C–N with tert-alkyl or cyclic N) is 1. The third-order valence-electron chi connectivity index (χ3n) is 6.92. The Hall–Kier alpha value is -2.44. The number of rotatable bonds is 6. The number of carbonyl (C=O) groups excluding carboxylic acids is 1. The highest BCUT2D eigenvalue weighted by Crippen LogP contribution is 2.29. The molecule has 0 spiro atoms. The van der Waals surface area contributed by atoms with Crippen LogP contribution in [0.15, 0.2) is 54.6 Å². The molecule has 0 bridgehead atoms. The molecule has 2 aliphatic heterocycles. The van der Waals surface area contributed by atoms with Crippen LogP contribution in [0.25, 0.3) is 0 Å². The minimum atomic E-state index is -0.375. The lowest BCUT2D eigenvalue weighted by Gasteiger charge is -2.37. The summed E-state index contributed by atoms with van der Waals surface area (Å²) in [6.45, 7) is 4.12. The summed E-state index contributed by atoms with van der Waals surface area (Å²) in [7, 11) is 0. The van der Waals surface area contributed by atoms with Crippen LogP contribution in [0, 0.1) is 11.7 Å². The maximum Gasteiger partial charge on any atom is 0.410 e. The maximum absolute atomic E-state index is 13.1. The van der Waals surface area contributed by atoms with Crippen LogP contribution in [0.5, 0.6) is 0 Å². The molecule has 2 aromatic carbocycles. The van der Waals surface area contributed by atoms with Gasteiger partial charge < -0.3 is 19.6 Å². The van der Waals surface area contributed by atoms with Gasteiger partial charge in [-0.3, -0.25) is 0 Å². The summed E-state index contributed by atoms with van der Waals surface area (Å²) < 4.78 is 18.6. The molecule has 6 heteroatoms. The van der Waals surface area contributed by atoms with Crippen LogP contribution in [0.3, 0.4) is 0 Å². The lowest BCUT2D eigenvalue weighted by Crippen LogP contribution is -2.45. The lowest BCUT2D eigenvalue weighted by molar-refractivity contribution is 0.0214. The highest BCUT2D eigenvalue weighted by Gasteiger charge is 2.30. The third-order valence-corrected chi connectivity index (χ3v) is 6.92. The first kappa shape index (κ1) is 22.7. The molecule has 1 amide bonds. The van der Waals surface area contributed by atoms with Gasteiger partial charge in [0.2, 0.25) is 0 Å². The first-order valence-electron chi connectivity index (χ1n) is 11.7. The average Bonchev–Trinajstić information content (AvgIpc) is 2.84. The number of hydrogen-bond acceptors (Lipinski definition) is 4. The molecular weight excluding hydrogens is 407 g/mol. The Kier molecular flexibility index (Phi) is 7.76. The van der Waals surface area contributed by atoms with Crippen molar-refractivity contribution in [3.8, 4) is 0 Å². The molecule has 172 valence electrons. The largest absolute Gasteiger partial charge is 0.445 e. The molecule has 2 saturated heterocycles. The Labute approximate surface area is 189 Å². The standard InChI is InChI=1S/C26H33FN2O3/c27-24-8-6-21(7-9-24)22-10-14-28(15-11-22)18-25(30)23-12-16-29(17-13-23)26(31)32-19-20-4-2-1-3-5-20/h1-9,22-23,25,30H,10-19H2. The van der Waals surface area contributed by atoms with Gasteiger partial charge in [0.25, 0.3) is 0 Å². The van der Waals surface area contributed by atoms with Gasteiger partial charge in [0, 0.05) is 19.6 Å². The third kappa shape index (κ3) is 6.08. The predicted molar refractivity (Wildman–Crippen MR) is 122 cm³/mol. The van der Waals surface area contributed by atoms with Crippen LogP contribution in [0.2, 0.25) is 0 Å². The van der Waals surface area contributed by atoms with Crippen molar-refractivity contribution in [2.24, 2.45) is 5.92 Å². The Morgan fingerprint density at radius 1 is 0.969 bits per heavy atom. The lowest BCUT2D eigenvalue weighted by atomic mass is 9.88. The predicted octanol–water partition coefficient (Wildman–Crippen LogP) is 4.41. The number of halogens is 1. The fraction of sp³-hybridized carbons (Fsp3) is 0.500. The van der Waals surface area contributed by atoms with Crippen molar-refractivity contribution in [2.75, 3.05) is 32.7 Å². The van der Waals surface area contributed by atoms with E-state index < -0.39 is 0 Å². The van der Waals surface area contributed by atoms with Gasteiger partial charge in [-0.1, -0.05) is 42.5 Å². The summed E-state index contributed by atoms with van der Waals surface area (Å²) in [6.07, 6.45) is 3.01. The molecule has 2 aromatic rings. The number of carbonyl (C=O) groups is 1. The highest BCUT2D eigenvalue weighted by atomic mass is 19.1. The first-order valence-corrected chi connectivity index (χ1v) is 11.7. The first-order chi connectivity index (χ1) is 15.6. The second-order valence-electron chi connectivity index (χ2n) is 9.06. The van der Waals surface area contributed by atoms with Crippen LogP contribution < -0.4 is 0 Å². The number of aliphatic hydroxyl groups excluding tert-OH is 1. The molecule has 0 saturated carbocycles. The van der Waals surface area contributed by atoms with E-state index in [-0.39, 0.29) is 30.5 Å². The zero-order chi connectivity index (χ0) is 22.3. The second-order valence-corrected chi connectivity index (χ2v) is 9.06. The van der Waals surface area contributed by atoms with E-state index in [0.29, 0.717) is 25.6 Å². The summed E-state index contributed by atoms with van der Waals surface area (Å²) in [5.41, 5.74) is 2.19. The van der Waals surface area contributed by atoms with E-state index in [4.69, 9.17) is 4.74 Å². The second kappa shape index (κ2) is 10.9. The van der Waals surface area contributed by atoms with Crippen molar-refractivity contribution in [1.82, 2.24) is 9.80 Å². The number of piperidine rings is 2. The molecule has 32 heavy (non-hydrogen) atoms. The van der Waals surface area contributed by atoms with E-state index >= 15 is 0 Å². The van der Waals surface area contributed by atoms with Crippen LogP contribution in [-0.2, 0) is 11.3 Å². The van der Waals surface area contributed by atoms with E-state index in [1.165, 1.54) is 17.7 Å². The summed E-state index contributed by atoms with van der Waals surface area (Å²) in [4.78, 5) is 16.4. The minimum absolute atomic E-state index is 0.190. The zero-order valence-electron chi connectivity index (χ0n) is 18.5. The molecule has 1 unspecified atom stereocenters. The van der Waals surface area contributed by atoms with Gasteiger partial charge >= 0.3 is 6.09 Å². The van der Waals surface area contributed by atoms with Gasteiger partial charge in [-0.05, 0) is 73.9 Å². The normalized spacial score (nSPS) is 19.6. The highest BCUT2D eigenvalue weighted by molar-refractivity contribution is 5.67. The van der Waals surface area contributed by atoms with Gasteiger partial charge in [-0.2, -0.15) is 0 Å². The van der Waals surface area contributed by atoms with E-state index in [0.717, 1.165) is 44.3 Å². The summed E-state index contributed by atoms with van der Waals surface area (Å²) in [5.74, 6) is 0.488. The van der Waals surface area contributed by atoms with Crippen LogP contribution >= 0.6 is 0 Å². The van der Waals surface area contributed by atoms with Gasteiger partial charge in [-0.25, -0.2) is 9.18 Å². The minimum Gasteiger partial charge on any atom is -0.445 e. The van der Waals surface area contributed by atoms with E-state index in [2.05, 4.69) is 4.90 Å². The molecular formula is C26H33FN2O3. The van der Waals surface area contributed by atoms with Crippen LogP contribution in [0.1, 0.15) is 42.7 Å². The number of hydrogen-bond donors (Lipinski definition) is 1. The number of aliphatic hydroxyl groups is 1. The van der Waals surface area contributed by atoms with Gasteiger partial charge in [-0.15, -0.1) is 0 Å². The number of nitrogens with zero attached hydrogens (tertiary/aromatic N) is 2. The van der Waals surface area contributed by atoms with Crippen molar-refractivity contribution >= 4 is 6.09 Å². The average molecular weight is 441 g/mol. The fourth-order valence-corrected chi connectivity index (χ4v) is 4.87.